The van der Waals surface area contributed by atoms with Gasteiger partial charge < -0.3 is 5.32 Å². The van der Waals surface area contributed by atoms with Crippen LogP contribution in [0, 0.1) is 0 Å². The topological polar surface area (TPSA) is 24.9 Å². The maximum atomic E-state index is 4.36. The molecule has 15 heavy (non-hydrogen) atoms. The maximum absolute atomic E-state index is 4.36. The number of nitrogens with one attached hydrogen (secondary N) is 1. The van der Waals surface area contributed by atoms with Gasteiger partial charge in [-0.25, -0.2) is 0 Å². The van der Waals surface area contributed by atoms with Crippen LogP contribution in [-0.4, -0.2) is 12.0 Å². The molecule has 2 nitrogen and oxygen atoms in total. The highest BCUT2D eigenvalue weighted by Gasteiger charge is 2.03. The van der Waals surface area contributed by atoms with Gasteiger partial charge in [-0.1, -0.05) is 30.3 Å². The lowest BCUT2D eigenvalue weighted by Gasteiger charge is -2.07. The summed E-state index contributed by atoms with van der Waals surface area (Å²) in [7, 11) is 1.95. The van der Waals surface area contributed by atoms with Crippen LogP contribution in [0.5, 0.6) is 0 Å². The van der Waals surface area contributed by atoms with Gasteiger partial charge in [0.25, 0.3) is 0 Å². The molecule has 0 spiro atoms. The summed E-state index contributed by atoms with van der Waals surface area (Å²) < 4.78 is 0. The Labute approximate surface area is 90.0 Å². The standard InChI is InChI=1S/C13H14N2/c1-14-10-11-6-2-3-7-12(11)13-8-4-5-9-15-13/h2-9,14H,10H2,1H3. The second-order valence-electron chi connectivity index (χ2n) is 3.40. The largest absolute Gasteiger partial charge is 0.316 e. The quantitative estimate of drug-likeness (QED) is 0.819. The molecule has 1 aromatic carbocycles. The summed E-state index contributed by atoms with van der Waals surface area (Å²) >= 11 is 0. The van der Waals surface area contributed by atoms with Gasteiger partial charge in [-0.05, 0) is 24.7 Å². The third-order valence-electron chi connectivity index (χ3n) is 2.33. The Hall–Kier alpha value is -1.67. The molecule has 0 fully saturated rings. The average Bonchev–Trinajstić information content (AvgIpc) is 2.31. The molecule has 1 heterocycles. The third kappa shape index (κ3) is 2.22. The Morgan fingerprint density at radius 2 is 1.87 bits per heavy atom. The molecule has 0 amide bonds. The molecule has 1 N–H and O–H groups in total. The van der Waals surface area contributed by atoms with Crippen LogP contribution in [0.2, 0.25) is 0 Å². The molecule has 0 atom stereocenters. The van der Waals surface area contributed by atoms with E-state index in [0.29, 0.717) is 0 Å². The Morgan fingerprint density at radius 3 is 2.60 bits per heavy atom. The fraction of sp³-hybridized carbons (Fsp3) is 0.154. The molecule has 0 aliphatic rings. The lowest BCUT2D eigenvalue weighted by Crippen LogP contribution is -2.06. The van der Waals surface area contributed by atoms with Gasteiger partial charge in [0.1, 0.15) is 0 Å². The van der Waals surface area contributed by atoms with E-state index in [9.17, 15) is 0 Å². The van der Waals surface area contributed by atoms with Gasteiger partial charge in [0.2, 0.25) is 0 Å². The molecule has 0 unspecified atom stereocenters. The predicted octanol–water partition coefficient (Wildman–Crippen LogP) is 2.47. The molecule has 0 radical (unpaired) electrons. The summed E-state index contributed by atoms with van der Waals surface area (Å²) in [6.07, 6.45) is 1.82. The van der Waals surface area contributed by atoms with Crippen molar-refractivity contribution in [2.75, 3.05) is 7.05 Å². The Kier molecular flexibility index (Phi) is 3.10. The van der Waals surface area contributed by atoms with Crippen molar-refractivity contribution in [2.24, 2.45) is 0 Å². The summed E-state index contributed by atoms with van der Waals surface area (Å²) in [5, 5.41) is 3.17. The SMILES string of the molecule is CNCc1ccccc1-c1ccccn1. The van der Waals surface area contributed by atoms with E-state index in [1.807, 2.05) is 37.5 Å². The zero-order chi connectivity index (χ0) is 10.5. The maximum Gasteiger partial charge on any atom is 0.0705 e. The molecule has 0 aliphatic carbocycles. The molecular formula is C13H14N2. The van der Waals surface area contributed by atoms with E-state index in [0.717, 1.165) is 12.2 Å². The first-order chi connectivity index (χ1) is 7.42. The minimum Gasteiger partial charge on any atom is -0.316 e. The zero-order valence-corrected chi connectivity index (χ0v) is 8.77. The van der Waals surface area contributed by atoms with Crippen molar-refractivity contribution in [2.45, 2.75) is 6.54 Å². The summed E-state index contributed by atoms with van der Waals surface area (Å²) in [6, 6.07) is 14.3. The highest BCUT2D eigenvalue weighted by molar-refractivity contribution is 5.63. The molecule has 1 aromatic heterocycles. The molecular weight excluding hydrogens is 184 g/mol. The molecule has 2 heteroatoms. The summed E-state index contributed by atoms with van der Waals surface area (Å²) in [6.45, 7) is 0.868. The second kappa shape index (κ2) is 4.71. The third-order valence-corrected chi connectivity index (χ3v) is 2.33. The van der Waals surface area contributed by atoms with Gasteiger partial charge in [-0.3, -0.25) is 4.98 Å². The van der Waals surface area contributed by atoms with Gasteiger partial charge in [-0.15, -0.1) is 0 Å². The van der Waals surface area contributed by atoms with Crippen molar-refractivity contribution >= 4 is 0 Å². The highest BCUT2D eigenvalue weighted by atomic mass is 14.8. The van der Waals surface area contributed by atoms with Crippen LogP contribution < -0.4 is 5.32 Å². The van der Waals surface area contributed by atoms with Crippen molar-refractivity contribution in [1.29, 1.82) is 0 Å². The first-order valence-electron chi connectivity index (χ1n) is 5.05. The zero-order valence-electron chi connectivity index (χ0n) is 8.77. The number of aromatic nitrogens is 1. The molecule has 2 rings (SSSR count). The van der Waals surface area contributed by atoms with E-state index in [4.69, 9.17) is 0 Å². The van der Waals surface area contributed by atoms with Crippen molar-refractivity contribution in [1.82, 2.24) is 10.3 Å². The fourth-order valence-corrected chi connectivity index (χ4v) is 1.64. The average molecular weight is 198 g/mol. The minimum absolute atomic E-state index is 0.868. The summed E-state index contributed by atoms with van der Waals surface area (Å²) in [5.74, 6) is 0. The van der Waals surface area contributed by atoms with Gasteiger partial charge in [0.05, 0.1) is 5.69 Å². The van der Waals surface area contributed by atoms with Crippen molar-refractivity contribution in [3.63, 3.8) is 0 Å². The Morgan fingerprint density at radius 1 is 1.07 bits per heavy atom. The van der Waals surface area contributed by atoms with Gasteiger partial charge in [-0.2, -0.15) is 0 Å². The van der Waals surface area contributed by atoms with Gasteiger partial charge in [0, 0.05) is 18.3 Å². The normalized spacial score (nSPS) is 10.2. The fourth-order valence-electron chi connectivity index (χ4n) is 1.64. The Bertz CT molecular complexity index is 424. The lowest BCUT2D eigenvalue weighted by molar-refractivity contribution is 0.819. The lowest BCUT2D eigenvalue weighted by atomic mass is 10.0. The molecule has 2 aromatic rings. The first-order valence-corrected chi connectivity index (χ1v) is 5.05. The van der Waals surface area contributed by atoms with E-state index < -0.39 is 0 Å². The summed E-state index contributed by atoms with van der Waals surface area (Å²) in [4.78, 5) is 4.36. The van der Waals surface area contributed by atoms with Crippen LogP contribution in [0.25, 0.3) is 11.3 Å². The molecule has 0 bridgehead atoms. The molecule has 0 saturated heterocycles. The van der Waals surface area contributed by atoms with Gasteiger partial charge >= 0.3 is 0 Å². The van der Waals surface area contributed by atoms with E-state index >= 15 is 0 Å². The van der Waals surface area contributed by atoms with E-state index in [1.54, 1.807) is 0 Å². The number of nitrogens with zero attached hydrogens (tertiary/aromatic N) is 1. The van der Waals surface area contributed by atoms with E-state index in [2.05, 4.69) is 28.5 Å². The number of hydrogen-bond donors (Lipinski definition) is 1. The monoisotopic (exact) mass is 198 g/mol. The minimum atomic E-state index is 0.868. The molecule has 0 saturated carbocycles. The summed E-state index contributed by atoms with van der Waals surface area (Å²) in [5.41, 5.74) is 3.51. The van der Waals surface area contributed by atoms with Gasteiger partial charge in [0.15, 0.2) is 0 Å². The van der Waals surface area contributed by atoms with Crippen molar-refractivity contribution < 1.29 is 0 Å². The smallest absolute Gasteiger partial charge is 0.0705 e. The number of pyridine rings is 1. The van der Waals surface area contributed by atoms with Crippen molar-refractivity contribution in [3.05, 3.63) is 54.2 Å². The molecule has 0 aliphatic heterocycles. The second-order valence-corrected chi connectivity index (χ2v) is 3.40. The number of hydrogen-bond acceptors (Lipinski definition) is 2. The predicted molar refractivity (Wildman–Crippen MR) is 62.4 cm³/mol. The van der Waals surface area contributed by atoms with Crippen LogP contribution in [-0.2, 0) is 6.54 Å². The van der Waals surface area contributed by atoms with Crippen LogP contribution in [0.1, 0.15) is 5.56 Å². The molecule has 76 valence electrons. The van der Waals surface area contributed by atoms with Crippen LogP contribution in [0.4, 0.5) is 0 Å². The number of benzene rings is 1. The highest BCUT2D eigenvalue weighted by Crippen LogP contribution is 2.20. The van der Waals surface area contributed by atoms with Crippen molar-refractivity contribution in [3.8, 4) is 11.3 Å². The first kappa shape index (κ1) is 9.87. The van der Waals surface area contributed by atoms with E-state index in [-0.39, 0.29) is 0 Å². The van der Waals surface area contributed by atoms with Crippen LogP contribution in [0.15, 0.2) is 48.7 Å². The van der Waals surface area contributed by atoms with Crippen LogP contribution >= 0.6 is 0 Å². The van der Waals surface area contributed by atoms with E-state index in [1.165, 1.54) is 11.1 Å². The number of rotatable bonds is 3. The Balaban J connectivity index is 2.43. The van der Waals surface area contributed by atoms with Crippen LogP contribution in [0.3, 0.4) is 0 Å².